The SMILES string of the molecule is [2H]C([2H])([2H])CC(=O)c1cnc(NC(=O)C2CC2)cc1Nc1cc(F)cc2c1N(C)[C@H](C)c1cn(C)nc1-2. The fourth-order valence-electron chi connectivity index (χ4n) is 4.34. The molecule has 0 unspecified atom stereocenters. The molecule has 1 aliphatic heterocycles. The minimum atomic E-state index is -2.48. The van der Waals surface area contributed by atoms with E-state index in [9.17, 15) is 14.0 Å². The first-order valence-corrected chi connectivity index (χ1v) is 11.1. The number of nitrogens with one attached hydrogen (secondary N) is 2. The summed E-state index contributed by atoms with van der Waals surface area (Å²) >= 11 is 0. The van der Waals surface area contributed by atoms with Crippen LogP contribution < -0.4 is 15.5 Å². The van der Waals surface area contributed by atoms with E-state index < -0.39 is 24.9 Å². The monoisotopic (exact) mass is 465 g/mol. The van der Waals surface area contributed by atoms with Gasteiger partial charge in [-0.2, -0.15) is 5.10 Å². The summed E-state index contributed by atoms with van der Waals surface area (Å²) in [7, 11) is 3.69. The first kappa shape index (κ1) is 18.7. The lowest BCUT2D eigenvalue weighted by Gasteiger charge is -2.35. The van der Waals surface area contributed by atoms with Gasteiger partial charge in [-0.3, -0.25) is 14.3 Å². The molecular weight excluding hydrogens is 435 g/mol. The fourth-order valence-corrected chi connectivity index (χ4v) is 4.34. The van der Waals surface area contributed by atoms with Crippen LogP contribution in [0.1, 0.15) is 59.1 Å². The molecule has 1 aromatic carbocycles. The van der Waals surface area contributed by atoms with Crippen molar-refractivity contribution in [2.75, 3.05) is 22.6 Å². The first-order valence-electron chi connectivity index (χ1n) is 12.6. The molecule has 1 atom stereocenters. The Balaban J connectivity index is 1.60. The normalized spacial score (nSPS) is 18.3. The van der Waals surface area contributed by atoms with Gasteiger partial charge >= 0.3 is 0 Å². The van der Waals surface area contributed by atoms with Crippen molar-refractivity contribution < 1.29 is 18.1 Å². The number of Topliss-reactive ketones (excluding diaryl/α,β-unsaturated/α-hetero) is 1. The molecule has 5 rings (SSSR count). The van der Waals surface area contributed by atoms with E-state index in [4.69, 9.17) is 4.11 Å². The van der Waals surface area contributed by atoms with E-state index in [2.05, 4.69) is 20.7 Å². The van der Waals surface area contributed by atoms with Crippen LogP contribution in [0.5, 0.6) is 0 Å². The Morgan fingerprint density at radius 2 is 2.03 bits per heavy atom. The number of amides is 1. The van der Waals surface area contributed by atoms with Crippen molar-refractivity contribution in [1.29, 1.82) is 0 Å². The fraction of sp³-hybridized carbons (Fsp3) is 0.360. The molecule has 2 aliphatic rings. The van der Waals surface area contributed by atoms with Crippen LogP contribution in [0.15, 0.2) is 30.6 Å². The molecule has 0 bridgehead atoms. The highest BCUT2D eigenvalue weighted by Gasteiger charge is 2.32. The van der Waals surface area contributed by atoms with Gasteiger partial charge in [-0.05, 0) is 31.9 Å². The lowest BCUT2D eigenvalue weighted by molar-refractivity contribution is -0.117. The average Bonchev–Trinajstić information content (AvgIpc) is 3.57. The largest absolute Gasteiger partial charge is 0.365 e. The number of aromatic nitrogens is 3. The van der Waals surface area contributed by atoms with E-state index in [1.54, 1.807) is 11.7 Å². The summed E-state index contributed by atoms with van der Waals surface area (Å²) in [6, 6.07) is 4.15. The number of carbonyl (C=O) groups is 2. The Hall–Kier alpha value is -3.75. The molecule has 0 spiro atoms. The Labute approximate surface area is 201 Å². The van der Waals surface area contributed by atoms with Crippen LogP contribution in [0, 0.1) is 11.7 Å². The second-order valence-electron chi connectivity index (χ2n) is 8.85. The summed E-state index contributed by atoms with van der Waals surface area (Å²) in [5, 5.41) is 10.4. The number of hydrogen-bond acceptors (Lipinski definition) is 6. The molecule has 3 aromatic rings. The maximum atomic E-state index is 14.9. The minimum Gasteiger partial charge on any atom is -0.365 e. The molecule has 3 heterocycles. The standard InChI is InChI=1S/C25H27FN6O2/c1-5-21(33)17-11-27-22(29-25(34)14-6-7-14)10-19(17)28-20-9-15(26)8-16-23-18(12-31(3)30-23)13(2)32(4)24(16)20/h8-14H,5-7H2,1-4H3,(H2,27,28,29,34)/t13-/m1/s1/i1D3. The van der Waals surface area contributed by atoms with E-state index in [-0.39, 0.29) is 34.9 Å². The molecule has 176 valence electrons. The average molecular weight is 466 g/mol. The Morgan fingerprint density at radius 3 is 2.76 bits per heavy atom. The highest BCUT2D eigenvalue weighted by Crippen LogP contribution is 2.48. The van der Waals surface area contributed by atoms with Gasteiger partial charge in [-0.25, -0.2) is 9.37 Å². The lowest BCUT2D eigenvalue weighted by Crippen LogP contribution is -2.26. The summed E-state index contributed by atoms with van der Waals surface area (Å²) in [5.74, 6) is -1.17. The number of benzene rings is 1. The van der Waals surface area contributed by atoms with Crippen LogP contribution in [0.3, 0.4) is 0 Å². The van der Waals surface area contributed by atoms with Gasteiger partial charge in [0.2, 0.25) is 5.91 Å². The van der Waals surface area contributed by atoms with Crippen LogP contribution >= 0.6 is 0 Å². The molecule has 1 amide bonds. The second-order valence-corrected chi connectivity index (χ2v) is 8.85. The van der Waals surface area contributed by atoms with Gasteiger partial charge in [0.1, 0.15) is 11.6 Å². The van der Waals surface area contributed by atoms with Crippen molar-refractivity contribution >= 4 is 34.6 Å². The smallest absolute Gasteiger partial charge is 0.228 e. The van der Waals surface area contributed by atoms with Crippen LogP contribution in [-0.2, 0) is 11.8 Å². The summed E-state index contributed by atoms with van der Waals surface area (Å²) in [4.78, 5) is 31.4. The molecule has 34 heavy (non-hydrogen) atoms. The van der Waals surface area contributed by atoms with Gasteiger partial charge in [0.05, 0.1) is 34.4 Å². The Kier molecular flexibility index (Phi) is 4.52. The van der Waals surface area contributed by atoms with E-state index in [0.29, 0.717) is 22.6 Å². The van der Waals surface area contributed by atoms with Gasteiger partial charge in [0, 0.05) is 60.1 Å². The van der Waals surface area contributed by atoms with Crippen molar-refractivity contribution in [2.24, 2.45) is 13.0 Å². The molecule has 0 saturated heterocycles. The molecule has 2 N–H and O–H groups in total. The number of pyridine rings is 1. The van der Waals surface area contributed by atoms with E-state index in [0.717, 1.165) is 18.4 Å². The number of halogens is 1. The van der Waals surface area contributed by atoms with Crippen LogP contribution in [0.4, 0.5) is 27.3 Å². The van der Waals surface area contributed by atoms with E-state index in [1.165, 1.54) is 24.4 Å². The molecule has 8 nitrogen and oxygen atoms in total. The van der Waals surface area contributed by atoms with Crippen molar-refractivity contribution in [3.05, 3.63) is 47.5 Å². The molecule has 0 radical (unpaired) electrons. The number of fused-ring (bicyclic) bond motifs is 3. The topological polar surface area (TPSA) is 92.1 Å². The molecule has 1 saturated carbocycles. The molecule has 2 aromatic heterocycles. The quantitative estimate of drug-likeness (QED) is 0.507. The number of nitrogens with zero attached hydrogens (tertiary/aromatic N) is 4. The van der Waals surface area contributed by atoms with Crippen molar-refractivity contribution in [3.63, 3.8) is 0 Å². The number of aryl methyl sites for hydroxylation is 1. The van der Waals surface area contributed by atoms with E-state index in [1.807, 2.05) is 25.1 Å². The van der Waals surface area contributed by atoms with Gasteiger partial charge in [0.15, 0.2) is 5.78 Å². The lowest BCUT2D eigenvalue weighted by atomic mass is 9.94. The van der Waals surface area contributed by atoms with Crippen LogP contribution in [0.25, 0.3) is 11.3 Å². The van der Waals surface area contributed by atoms with Crippen molar-refractivity contribution in [3.8, 4) is 11.3 Å². The third-order valence-corrected chi connectivity index (χ3v) is 6.40. The predicted octanol–water partition coefficient (Wildman–Crippen LogP) is 4.82. The number of rotatable bonds is 6. The Bertz CT molecular complexity index is 1420. The van der Waals surface area contributed by atoms with Crippen molar-refractivity contribution in [1.82, 2.24) is 14.8 Å². The highest BCUT2D eigenvalue weighted by molar-refractivity contribution is 6.03. The van der Waals surface area contributed by atoms with Gasteiger partial charge in [-0.1, -0.05) is 6.85 Å². The van der Waals surface area contributed by atoms with Crippen molar-refractivity contribution in [2.45, 2.75) is 39.1 Å². The maximum Gasteiger partial charge on any atom is 0.228 e. The van der Waals surface area contributed by atoms with Crippen LogP contribution in [-0.4, -0.2) is 33.5 Å². The zero-order valence-corrected chi connectivity index (χ0v) is 19.1. The third kappa shape index (κ3) is 3.81. The number of carbonyl (C=O) groups excluding carboxylic acids is 2. The molecule has 1 aliphatic carbocycles. The zero-order valence-electron chi connectivity index (χ0n) is 22.1. The summed E-state index contributed by atoms with van der Waals surface area (Å²) < 4.78 is 39.1. The second kappa shape index (κ2) is 8.23. The van der Waals surface area contributed by atoms with Gasteiger partial charge in [0.25, 0.3) is 0 Å². The van der Waals surface area contributed by atoms with Crippen LogP contribution in [0.2, 0.25) is 0 Å². The minimum absolute atomic E-state index is 0.0311. The Morgan fingerprint density at radius 1 is 1.24 bits per heavy atom. The summed E-state index contributed by atoms with van der Waals surface area (Å²) in [5.41, 5.74) is 3.50. The van der Waals surface area contributed by atoms with Gasteiger partial charge < -0.3 is 15.5 Å². The number of anilines is 4. The molecule has 9 heteroatoms. The summed E-state index contributed by atoms with van der Waals surface area (Å²) in [6.45, 7) is -0.462. The zero-order chi connectivity index (χ0) is 26.6. The highest BCUT2D eigenvalue weighted by atomic mass is 19.1. The molecule has 1 fully saturated rings. The third-order valence-electron chi connectivity index (χ3n) is 6.40. The van der Waals surface area contributed by atoms with E-state index >= 15 is 0 Å². The predicted molar refractivity (Wildman–Crippen MR) is 129 cm³/mol. The number of ketones is 1. The number of hydrogen-bond donors (Lipinski definition) is 2. The first-order chi connectivity index (χ1) is 17.4. The summed E-state index contributed by atoms with van der Waals surface area (Å²) in [6.07, 6.45) is 4.07. The van der Waals surface area contributed by atoms with Gasteiger partial charge in [-0.15, -0.1) is 0 Å². The maximum absolute atomic E-state index is 14.9. The molecular formula is C25H27FN6O2.